The van der Waals surface area contributed by atoms with E-state index in [1.54, 1.807) is 6.33 Å². The second kappa shape index (κ2) is 3.75. The summed E-state index contributed by atoms with van der Waals surface area (Å²) in [5.41, 5.74) is 2.14. The zero-order valence-electron chi connectivity index (χ0n) is 9.37. The van der Waals surface area contributed by atoms with Gasteiger partial charge >= 0.3 is 0 Å². The Kier molecular flexibility index (Phi) is 2.25. The van der Waals surface area contributed by atoms with E-state index in [0.717, 1.165) is 31.8 Å². The molecule has 3 rings (SSSR count). The third kappa shape index (κ3) is 1.53. The van der Waals surface area contributed by atoms with Gasteiger partial charge in [-0.05, 0) is 19.2 Å². The minimum Gasteiger partial charge on any atom is -0.366 e. The van der Waals surface area contributed by atoms with Gasteiger partial charge in [0.25, 0.3) is 0 Å². The fourth-order valence-electron chi connectivity index (χ4n) is 2.13. The molecule has 2 aromatic rings. The fourth-order valence-corrected chi connectivity index (χ4v) is 2.13. The predicted molar refractivity (Wildman–Crippen MR) is 62.7 cm³/mol. The van der Waals surface area contributed by atoms with Crippen LogP contribution in [0.3, 0.4) is 0 Å². The number of hydrogen-bond acceptors (Lipinski definition) is 4. The Balaban J connectivity index is 1.96. The molecule has 84 valence electrons. The zero-order valence-corrected chi connectivity index (χ0v) is 9.37. The monoisotopic (exact) mass is 217 g/mol. The minimum atomic E-state index is 0.951. The number of rotatable bonds is 1. The third-order valence-electron chi connectivity index (χ3n) is 3.13. The van der Waals surface area contributed by atoms with Gasteiger partial charge in [-0.1, -0.05) is 0 Å². The Labute approximate surface area is 94.3 Å². The number of hydrogen-bond donors (Lipinski definition) is 0. The van der Waals surface area contributed by atoms with Gasteiger partial charge in [0, 0.05) is 32.4 Å². The van der Waals surface area contributed by atoms with Gasteiger partial charge < -0.3 is 9.80 Å². The number of pyridine rings is 1. The zero-order chi connectivity index (χ0) is 11.0. The normalized spacial score (nSPS) is 18.2. The van der Waals surface area contributed by atoms with E-state index in [9.17, 15) is 0 Å². The highest BCUT2D eigenvalue weighted by molar-refractivity contribution is 5.68. The van der Waals surface area contributed by atoms with E-state index in [4.69, 9.17) is 0 Å². The van der Waals surface area contributed by atoms with Gasteiger partial charge in [0.15, 0.2) is 5.65 Å². The summed E-state index contributed by atoms with van der Waals surface area (Å²) in [6, 6.07) is 4.14. The summed E-state index contributed by atoms with van der Waals surface area (Å²) in [7, 11) is 2.16. The molecule has 0 aliphatic carbocycles. The lowest BCUT2D eigenvalue weighted by atomic mass is 10.3. The van der Waals surface area contributed by atoms with Crippen molar-refractivity contribution in [1.29, 1.82) is 0 Å². The molecule has 0 spiro atoms. The average molecular weight is 217 g/mol. The van der Waals surface area contributed by atoms with Gasteiger partial charge in [0.1, 0.15) is 6.33 Å². The first-order valence-corrected chi connectivity index (χ1v) is 5.56. The van der Waals surface area contributed by atoms with E-state index in [-0.39, 0.29) is 0 Å². The van der Waals surface area contributed by atoms with Gasteiger partial charge in [-0.15, -0.1) is 0 Å². The maximum Gasteiger partial charge on any atom is 0.178 e. The molecule has 0 atom stereocenters. The van der Waals surface area contributed by atoms with Crippen molar-refractivity contribution in [2.75, 3.05) is 38.1 Å². The summed E-state index contributed by atoms with van der Waals surface area (Å²) in [5.74, 6) is 0. The number of fused-ring (bicyclic) bond motifs is 1. The van der Waals surface area contributed by atoms with E-state index in [1.165, 1.54) is 5.69 Å². The highest BCUT2D eigenvalue weighted by Gasteiger charge is 2.16. The van der Waals surface area contributed by atoms with E-state index in [1.807, 2.05) is 16.8 Å². The largest absolute Gasteiger partial charge is 0.366 e. The molecular formula is C11H15N5. The van der Waals surface area contributed by atoms with E-state index < -0.39 is 0 Å². The van der Waals surface area contributed by atoms with Gasteiger partial charge in [0.2, 0.25) is 0 Å². The molecule has 3 heterocycles. The molecule has 5 nitrogen and oxygen atoms in total. The molecule has 5 heteroatoms. The van der Waals surface area contributed by atoms with Crippen LogP contribution < -0.4 is 4.90 Å². The van der Waals surface area contributed by atoms with Crippen molar-refractivity contribution >= 4 is 11.3 Å². The Bertz CT molecular complexity index is 484. The summed E-state index contributed by atoms with van der Waals surface area (Å²) in [6.07, 6.45) is 3.54. The maximum atomic E-state index is 4.31. The van der Waals surface area contributed by atoms with Crippen LogP contribution >= 0.6 is 0 Å². The number of likely N-dealkylation sites (N-methyl/N-ethyl adjacent to an activating group) is 1. The lowest BCUT2D eigenvalue weighted by Gasteiger charge is -2.33. The summed E-state index contributed by atoms with van der Waals surface area (Å²) in [4.78, 5) is 9.04. The molecule has 0 radical (unpaired) electrons. The Morgan fingerprint density at radius 1 is 1.19 bits per heavy atom. The Morgan fingerprint density at radius 2 is 2.00 bits per heavy atom. The van der Waals surface area contributed by atoms with Crippen LogP contribution in [0.4, 0.5) is 5.69 Å². The van der Waals surface area contributed by atoms with Crippen LogP contribution in [0.15, 0.2) is 24.7 Å². The van der Waals surface area contributed by atoms with E-state index in [0.29, 0.717) is 0 Å². The van der Waals surface area contributed by atoms with Crippen molar-refractivity contribution in [2.45, 2.75) is 0 Å². The van der Waals surface area contributed by atoms with E-state index >= 15 is 0 Å². The molecule has 16 heavy (non-hydrogen) atoms. The summed E-state index contributed by atoms with van der Waals surface area (Å²) >= 11 is 0. The van der Waals surface area contributed by atoms with Gasteiger partial charge in [-0.2, -0.15) is 5.10 Å². The van der Waals surface area contributed by atoms with Crippen molar-refractivity contribution in [1.82, 2.24) is 19.5 Å². The molecule has 0 aromatic carbocycles. The van der Waals surface area contributed by atoms with Crippen molar-refractivity contribution < 1.29 is 0 Å². The van der Waals surface area contributed by atoms with E-state index in [2.05, 4.69) is 33.0 Å². The van der Waals surface area contributed by atoms with Crippen LogP contribution in [0.25, 0.3) is 5.65 Å². The summed E-state index contributed by atoms with van der Waals surface area (Å²) < 4.78 is 1.83. The Hall–Kier alpha value is -1.62. The SMILES string of the molecule is CN1CCN(c2cccn3ncnc23)CC1. The number of nitrogens with zero attached hydrogens (tertiary/aromatic N) is 5. The highest BCUT2D eigenvalue weighted by Crippen LogP contribution is 2.20. The van der Waals surface area contributed by atoms with Crippen LogP contribution in [0.1, 0.15) is 0 Å². The molecule has 0 N–H and O–H groups in total. The first-order valence-electron chi connectivity index (χ1n) is 5.56. The van der Waals surface area contributed by atoms with Crippen molar-refractivity contribution in [2.24, 2.45) is 0 Å². The molecular weight excluding hydrogens is 202 g/mol. The number of aromatic nitrogens is 3. The second-order valence-corrected chi connectivity index (χ2v) is 4.21. The quantitative estimate of drug-likeness (QED) is 0.696. The third-order valence-corrected chi connectivity index (χ3v) is 3.13. The van der Waals surface area contributed by atoms with Crippen LogP contribution in [-0.4, -0.2) is 52.7 Å². The fraction of sp³-hybridized carbons (Fsp3) is 0.455. The lowest BCUT2D eigenvalue weighted by molar-refractivity contribution is 0.313. The molecule has 1 fully saturated rings. The van der Waals surface area contributed by atoms with Gasteiger partial charge in [-0.25, -0.2) is 9.50 Å². The minimum absolute atomic E-state index is 0.951. The first-order chi connectivity index (χ1) is 7.84. The van der Waals surface area contributed by atoms with Crippen LogP contribution in [-0.2, 0) is 0 Å². The van der Waals surface area contributed by atoms with Crippen molar-refractivity contribution in [3.63, 3.8) is 0 Å². The molecule has 0 unspecified atom stereocenters. The van der Waals surface area contributed by atoms with Crippen LogP contribution in [0, 0.1) is 0 Å². The standard InChI is InChI=1S/C11H15N5/c1-14-5-7-15(8-6-14)10-3-2-4-16-11(10)12-9-13-16/h2-4,9H,5-8H2,1H3. The maximum absolute atomic E-state index is 4.31. The van der Waals surface area contributed by atoms with Crippen molar-refractivity contribution in [3.8, 4) is 0 Å². The van der Waals surface area contributed by atoms with Crippen LogP contribution in [0.2, 0.25) is 0 Å². The Morgan fingerprint density at radius 3 is 2.81 bits per heavy atom. The first kappa shape index (κ1) is 9.59. The molecule has 0 bridgehead atoms. The summed E-state index contributed by atoms with van der Waals surface area (Å²) in [5, 5.41) is 4.16. The second-order valence-electron chi connectivity index (χ2n) is 4.21. The highest BCUT2D eigenvalue weighted by atomic mass is 15.3. The number of piperazine rings is 1. The molecule has 1 saturated heterocycles. The molecule has 1 aliphatic rings. The average Bonchev–Trinajstić information content (AvgIpc) is 2.78. The topological polar surface area (TPSA) is 36.7 Å². The molecule has 1 aliphatic heterocycles. The van der Waals surface area contributed by atoms with Gasteiger partial charge in [-0.3, -0.25) is 0 Å². The molecule has 2 aromatic heterocycles. The smallest absolute Gasteiger partial charge is 0.178 e. The predicted octanol–water partition coefficient (Wildman–Crippen LogP) is 0.481. The molecule has 0 saturated carbocycles. The lowest BCUT2D eigenvalue weighted by Crippen LogP contribution is -2.44. The summed E-state index contributed by atoms with van der Waals surface area (Å²) in [6.45, 7) is 4.33. The van der Waals surface area contributed by atoms with Crippen LogP contribution in [0.5, 0.6) is 0 Å². The molecule has 0 amide bonds. The number of anilines is 1. The van der Waals surface area contributed by atoms with Crippen molar-refractivity contribution in [3.05, 3.63) is 24.7 Å². The van der Waals surface area contributed by atoms with Gasteiger partial charge in [0.05, 0.1) is 5.69 Å².